The summed E-state index contributed by atoms with van der Waals surface area (Å²) in [6.45, 7) is 5.55. The van der Waals surface area contributed by atoms with Gasteiger partial charge in [0, 0.05) is 11.1 Å². The molecule has 0 aromatic heterocycles. The van der Waals surface area contributed by atoms with E-state index in [1.807, 2.05) is 20.8 Å². The van der Waals surface area contributed by atoms with Crippen LogP contribution >= 0.6 is 0 Å². The van der Waals surface area contributed by atoms with Crippen LogP contribution in [-0.4, -0.2) is 36.6 Å². The van der Waals surface area contributed by atoms with Crippen molar-refractivity contribution in [3.63, 3.8) is 0 Å². The largest absolute Gasteiger partial charge is 0.497 e. The van der Waals surface area contributed by atoms with Gasteiger partial charge >= 0.3 is 0 Å². The van der Waals surface area contributed by atoms with Gasteiger partial charge in [0.05, 0.1) is 19.8 Å². The summed E-state index contributed by atoms with van der Waals surface area (Å²) in [5.74, 6) is 0.640. The summed E-state index contributed by atoms with van der Waals surface area (Å²) >= 11 is 0. The van der Waals surface area contributed by atoms with Gasteiger partial charge in [-0.15, -0.1) is 0 Å². The van der Waals surface area contributed by atoms with E-state index in [4.69, 9.17) is 9.47 Å². The molecule has 0 heterocycles. The number of rotatable bonds is 4. The van der Waals surface area contributed by atoms with Crippen LogP contribution in [0.3, 0.4) is 0 Å². The van der Waals surface area contributed by atoms with Gasteiger partial charge in [0.1, 0.15) is 11.5 Å². The van der Waals surface area contributed by atoms with Gasteiger partial charge in [0.15, 0.2) is 0 Å². The van der Waals surface area contributed by atoms with Crippen LogP contribution in [0.15, 0.2) is 48.5 Å². The fourth-order valence-corrected chi connectivity index (χ4v) is 2.29. The van der Waals surface area contributed by atoms with E-state index in [1.165, 1.54) is 5.01 Å². The maximum absolute atomic E-state index is 12.9. The van der Waals surface area contributed by atoms with Crippen molar-refractivity contribution in [1.82, 2.24) is 10.4 Å². The molecule has 0 atom stereocenters. The van der Waals surface area contributed by atoms with Gasteiger partial charge in [-0.1, -0.05) is 0 Å². The molecular weight excluding hydrogens is 332 g/mol. The summed E-state index contributed by atoms with van der Waals surface area (Å²) in [5, 5.41) is 1.33. The second-order valence-electron chi connectivity index (χ2n) is 6.71. The van der Waals surface area contributed by atoms with Crippen LogP contribution in [0.5, 0.6) is 11.5 Å². The molecule has 0 fully saturated rings. The Kier molecular flexibility index (Phi) is 5.87. The van der Waals surface area contributed by atoms with E-state index in [2.05, 4.69) is 5.43 Å². The van der Waals surface area contributed by atoms with Crippen LogP contribution in [0.25, 0.3) is 0 Å². The minimum atomic E-state index is -0.612. The minimum absolute atomic E-state index is 0.304. The third-order valence-electron chi connectivity index (χ3n) is 3.78. The lowest BCUT2D eigenvalue weighted by Crippen LogP contribution is -2.55. The van der Waals surface area contributed by atoms with Gasteiger partial charge in [0.2, 0.25) is 0 Å². The second-order valence-corrected chi connectivity index (χ2v) is 6.71. The molecule has 0 unspecified atom stereocenters. The Bertz CT molecular complexity index is 762. The van der Waals surface area contributed by atoms with Crippen molar-refractivity contribution in [1.29, 1.82) is 0 Å². The van der Waals surface area contributed by atoms with Crippen molar-refractivity contribution in [2.45, 2.75) is 26.3 Å². The molecule has 0 saturated heterocycles. The number of methoxy groups -OCH3 is 2. The highest BCUT2D eigenvalue weighted by molar-refractivity contribution is 5.99. The molecule has 0 radical (unpaired) electrons. The second kappa shape index (κ2) is 7.91. The first-order valence-corrected chi connectivity index (χ1v) is 8.20. The maximum atomic E-state index is 12.9. The zero-order valence-corrected chi connectivity index (χ0v) is 15.7. The number of benzene rings is 2. The van der Waals surface area contributed by atoms with Crippen LogP contribution in [-0.2, 0) is 0 Å². The van der Waals surface area contributed by atoms with Crippen LogP contribution in [0.2, 0.25) is 0 Å². The Balaban J connectivity index is 2.23. The van der Waals surface area contributed by atoms with Gasteiger partial charge in [-0.2, -0.15) is 0 Å². The first kappa shape index (κ1) is 19.3. The third kappa shape index (κ3) is 4.53. The lowest BCUT2D eigenvalue weighted by molar-refractivity contribution is 0.0358. The molecule has 0 saturated carbocycles. The standard InChI is InChI=1S/C20H24N2O4/c1-20(2,3)22(19(24)15-8-12-17(26-5)13-9-15)21-18(23)14-6-10-16(25-4)11-7-14/h6-13H,1-5H3,(H,21,23). The molecule has 2 amide bonds. The highest BCUT2D eigenvalue weighted by Gasteiger charge is 2.29. The summed E-state index contributed by atoms with van der Waals surface area (Å²) in [5.41, 5.74) is 2.99. The molecule has 6 heteroatoms. The van der Waals surface area contributed by atoms with E-state index in [0.29, 0.717) is 22.6 Å². The van der Waals surface area contributed by atoms with E-state index < -0.39 is 5.54 Å². The fraction of sp³-hybridized carbons (Fsp3) is 0.300. The molecule has 0 spiro atoms. The van der Waals surface area contributed by atoms with Crippen molar-refractivity contribution >= 4 is 11.8 Å². The van der Waals surface area contributed by atoms with Crippen molar-refractivity contribution in [2.24, 2.45) is 0 Å². The minimum Gasteiger partial charge on any atom is -0.497 e. The van der Waals surface area contributed by atoms with Gasteiger partial charge < -0.3 is 9.47 Å². The molecule has 1 N–H and O–H groups in total. The first-order valence-electron chi connectivity index (χ1n) is 8.20. The van der Waals surface area contributed by atoms with E-state index in [9.17, 15) is 9.59 Å². The lowest BCUT2D eigenvalue weighted by atomic mass is 10.1. The molecule has 6 nitrogen and oxygen atoms in total. The summed E-state index contributed by atoms with van der Waals surface area (Å²) in [6.07, 6.45) is 0. The molecule has 138 valence electrons. The van der Waals surface area contributed by atoms with E-state index in [-0.39, 0.29) is 11.8 Å². The fourth-order valence-electron chi connectivity index (χ4n) is 2.29. The summed E-state index contributed by atoms with van der Waals surface area (Å²) < 4.78 is 10.2. The number of hydrogen-bond acceptors (Lipinski definition) is 4. The predicted molar refractivity (Wildman–Crippen MR) is 99.4 cm³/mol. The van der Waals surface area contributed by atoms with Crippen LogP contribution < -0.4 is 14.9 Å². The summed E-state index contributed by atoms with van der Waals surface area (Å²) in [4.78, 5) is 25.5. The zero-order valence-electron chi connectivity index (χ0n) is 15.7. The Morgan fingerprint density at radius 3 is 1.62 bits per heavy atom. The van der Waals surface area contributed by atoms with E-state index in [1.54, 1.807) is 62.8 Å². The normalized spacial score (nSPS) is 10.8. The molecule has 0 bridgehead atoms. The number of nitrogens with one attached hydrogen (secondary N) is 1. The number of carbonyl (C=O) groups excluding carboxylic acids is 2. The predicted octanol–water partition coefficient (Wildman–Crippen LogP) is 3.29. The molecule has 26 heavy (non-hydrogen) atoms. The molecule has 0 aliphatic carbocycles. The van der Waals surface area contributed by atoms with Crippen molar-refractivity contribution < 1.29 is 19.1 Å². The average Bonchev–Trinajstić information content (AvgIpc) is 2.64. The van der Waals surface area contributed by atoms with E-state index in [0.717, 1.165) is 0 Å². The zero-order chi connectivity index (χ0) is 19.3. The number of hydrazine groups is 1. The Morgan fingerprint density at radius 1 is 0.808 bits per heavy atom. The Morgan fingerprint density at radius 2 is 1.23 bits per heavy atom. The lowest BCUT2D eigenvalue weighted by Gasteiger charge is -2.35. The SMILES string of the molecule is COc1ccc(C(=O)NN(C(=O)c2ccc(OC)cc2)C(C)(C)C)cc1. The molecule has 2 rings (SSSR count). The third-order valence-corrected chi connectivity index (χ3v) is 3.78. The smallest absolute Gasteiger partial charge is 0.272 e. The van der Waals surface area contributed by atoms with Crippen molar-refractivity contribution in [3.05, 3.63) is 59.7 Å². The molecule has 0 aliphatic rings. The molecular formula is C20H24N2O4. The molecule has 2 aromatic rings. The highest BCUT2D eigenvalue weighted by atomic mass is 16.5. The van der Waals surface area contributed by atoms with Gasteiger partial charge in [-0.3, -0.25) is 15.0 Å². The summed E-state index contributed by atoms with van der Waals surface area (Å²) in [6, 6.07) is 13.4. The van der Waals surface area contributed by atoms with Gasteiger partial charge in [-0.25, -0.2) is 5.01 Å². The monoisotopic (exact) mass is 356 g/mol. The van der Waals surface area contributed by atoms with Crippen molar-refractivity contribution in [3.8, 4) is 11.5 Å². The van der Waals surface area contributed by atoms with Crippen LogP contribution in [0.1, 0.15) is 41.5 Å². The van der Waals surface area contributed by atoms with Gasteiger partial charge in [-0.05, 0) is 69.3 Å². The molecule has 0 aliphatic heterocycles. The number of hydrogen-bond donors (Lipinski definition) is 1. The number of amides is 2. The summed E-state index contributed by atoms with van der Waals surface area (Å²) in [7, 11) is 3.12. The highest BCUT2D eigenvalue weighted by Crippen LogP contribution is 2.19. The maximum Gasteiger partial charge on any atom is 0.272 e. The number of nitrogens with zero attached hydrogens (tertiary/aromatic N) is 1. The Hall–Kier alpha value is -3.02. The first-order chi connectivity index (χ1) is 12.3. The Labute approximate surface area is 153 Å². The average molecular weight is 356 g/mol. The number of ether oxygens (including phenoxy) is 2. The van der Waals surface area contributed by atoms with Crippen LogP contribution in [0.4, 0.5) is 0 Å². The van der Waals surface area contributed by atoms with Crippen LogP contribution in [0, 0.1) is 0 Å². The quantitative estimate of drug-likeness (QED) is 0.854. The topological polar surface area (TPSA) is 67.9 Å². The van der Waals surface area contributed by atoms with E-state index >= 15 is 0 Å². The van der Waals surface area contributed by atoms with Crippen molar-refractivity contribution in [2.75, 3.05) is 14.2 Å². The number of carbonyl (C=O) groups is 2. The van der Waals surface area contributed by atoms with Gasteiger partial charge in [0.25, 0.3) is 11.8 Å². The molecule has 2 aromatic carbocycles.